The van der Waals surface area contributed by atoms with Gasteiger partial charge in [0.15, 0.2) is 11.4 Å². The van der Waals surface area contributed by atoms with Crippen molar-refractivity contribution >= 4 is 22.8 Å². The number of aromatic nitrogens is 3. The minimum absolute atomic E-state index is 0.0441. The summed E-state index contributed by atoms with van der Waals surface area (Å²) < 4.78 is 7.38. The predicted octanol–water partition coefficient (Wildman–Crippen LogP) is 5.10. The van der Waals surface area contributed by atoms with Crippen LogP contribution in [0.25, 0.3) is 22.3 Å². The van der Waals surface area contributed by atoms with E-state index in [0.717, 1.165) is 5.56 Å². The number of ether oxygens (including phenoxy) is 1. The van der Waals surface area contributed by atoms with E-state index in [9.17, 15) is 9.59 Å². The number of benzene rings is 2. The van der Waals surface area contributed by atoms with Gasteiger partial charge in [-0.2, -0.15) is 5.10 Å². The summed E-state index contributed by atoms with van der Waals surface area (Å²) in [5.41, 5.74) is 3.15. The molecule has 0 spiro atoms. The van der Waals surface area contributed by atoms with Gasteiger partial charge in [0.05, 0.1) is 22.8 Å². The molecule has 0 aliphatic rings. The molecule has 0 aliphatic heterocycles. The van der Waals surface area contributed by atoms with Crippen LogP contribution in [0.4, 0.5) is 0 Å². The van der Waals surface area contributed by atoms with Gasteiger partial charge in [-0.3, -0.25) is 4.79 Å². The third-order valence-corrected chi connectivity index (χ3v) is 4.82. The zero-order valence-electron chi connectivity index (χ0n) is 17.0. The first-order chi connectivity index (χ1) is 14.4. The Morgan fingerprint density at radius 3 is 2.33 bits per heavy atom. The Bertz CT molecular complexity index is 1230. The molecule has 2 heterocycles. The number of Topliss-reactive ketones (excluding diaryl/α,β-unsaturated/α-hetero) is 1. The molecule has 0 saturated carbocycles. The van der Waals surface area contributed by atoms with Crippen molar-refractivity contribution in [3.63, 3.8) is 0 Å². The number of carbonyl (C=O) groups excluding carboxylic acids is 2. The summed E-state index contributed by atoms with van der Waals surface area (Å²) in [6.45, 7) is 5.52. The van der Waals surface area contributed by atoms with Crippen molar-refractivity contribution in [3.8, 4) is 17.0 Å². The van der Waals surface area contributed by atoms with Crippen molar-refractivity contribution in [1.82, 2.24) is 14.8 Å². The molecule has 4 aromatic rings. The molecule has 0 bridgehead atoms. The van der Waals surface area contributed by atoms with Crippen molar-refractivity contribution in [2.24, 2.45) is 0 Å². The summed E-state index contributed by atoms with van der Waals surface area (Å²) >= 11 is 0. The summed E-state index contributed by atoms with van der Waals surface area (Å²) in [6, 6.07) is 18.0. The maximum atomic E-state index is 13.1. The maximum Gasteiger partial charge on any atom is 0.344 e. The molecular weight excluding hydrogens is 378 g/mol. The smallest absolute Gasteiger partial charge is 0.344 e. The lowest BCUT2D eigenvalue weighted by Crippen LogP contribution is -2.11. The van der Waals surface area contributed by atoms with E-state index < -0.39 is 5.97 Å². The van der Waals surface area contributed by atoms with Gasteiger partial charge in [-0.25, -0.2) is 14.5 Å². The van der Waals surface area contributed by atoms with Gasteiger partial charge in [0.2, 0.25) is 0 Å². The van der Waals surface area contributed by atoms with Crippen LogP contribution in [0, 0.1) is 0 Å². The average Bonchev–Trinajstić information content (AvgIpc) is 3.18. The van der Waals surface area contributed by atoms with Gasteiger partial charge in [0.25, 0.3) is 0 Å². The maximum absolute atomic E-state index is 13.1. The van der Waals surface area contributed by atoms with E-state index in [4.69, 9.17) is 9.72 Å². The van der Waals surface area contributed by atoms with Gasteiger partial charge >= 0.3 is 5.97 Å². The standard InChI is InChI=1S/C24H21N3O3/c1-15(2)27-23-21(14-25-27)20(13-22(26-23)18-7-5-4-6-8-18)24(29)30-19-11-9-17(10-12-19)16(3)28/h4-15H,1-3H3. The fourth-order valence-corrected chi connectivity index (χ4v) is 3.24. The quantitative estimate of drug-likeness (QED) is 0.265. The lowest BCUT2D eigenvalue weighted by molar-refractivity contribution is 0.0736. The van der Waals surface area contributed by atoms with Crippen LogP contribution in [0.3, 0.4) is 0 Å². The zero-order valence-corrected chi connectivity index (χ0v) is 17.0. The SMILES string of the molecule is CC(=O)c1ccc(OC(=O)c2cc(-c3ccccc3)nc3c2cnn3C(C)C)cc1. The van der Waals surface area contributed by atoms with Crippen LogP contribution in [-0.2, 0) is 0 Å². The highest BCUT2D eigenvalue weighted by Gasteiger charge is 2.20. The van der Waals surface area contributed by atoms with E-state index >= 15 is 0 Å². The van der Waals surface area contributed by atoms with Crippen LogP contribution >= 0.6 is 0 Å². The zero-order chi connectivity index (χ0) is 21.3. The van der Waals surface area contributed by atoms with Gasteiger partial charge in [-0.15, -0.1) is 0 Å². The average molecular weight is 399 g/mol. The van der Waals surface area contributed by atoms with E-state index in [-0.39, 0.29) is 11.8 Å². The molecule has 2 aromatic heterocycles. The number of hydrogen-bond donors (Lipinski definition) is 0. The van der Waals surface area contributed by atoms with Crippen LogP contribution < -0.4 is 4.74 Å². The van der Waals surface area contributed by atoms with E-state index in [1.807, 2.05) is 44.2 Å². The first-order valence-corrected chi connectivity index (χ1v) is 9.71. The minimum Gasteiger partial charge on any atom is -0.423 e. The Hall–Kier alpha value is -3.80. The second-order valence-electron chi connectivity index (χ2n) is 7.31. The van der Waals surface area contributed by atoms with Crippen LogP contribution in [0.1, 0.15) is 47.5 Å². The van der Waals surface area contributed by atoms with Crippen LogP contribution in [-0.4, -0.2) is 26.5 Å². The van der Waals surface area contributed by atoms with Crippen molar-refractivity contribution in [1.29, 1.82) is 0 Å². The molecule has 6 heteroatoms. The Morgan fingerprint density at radius 2 is 1.70 bits per heavy atom. The van der Waals surface area contributed by atoms with Gasteiger partial charge < -0.3 is 4.74 Å². The lowest BCUT2D eigenvalue weighted by Gasteiger charge is -2.11. The summed E-state index contributed by atoms with van der Waals surface area (Å²) in [6.07, 6.45) is 1.65. The van der Waals surface area contributed by atoms with Crippen molar-refractivity contribution in [2.75, 3.05) is 0 Å². The molecule has 6 nitrogen and oxygen atoms in total. The fraction of sp³-hybridized carbons (Fsp3) is 0.167. The predicted molar refractivity (Wildman–Crippen MR) is 115 cm³/mol. The summed E-state index contributed by atoms with van der Waals surface area (Å²) in [5.74, 6) is -0.178. The molecule has 0 saturated heterocycles. The molecule has 0 fully saturated rings. The molecule has 0 unspecified atom stereocenters. The number of ketones is 1. The van der Waals surface area contributed by atoms with Crippen molar-refractivity contribution < 1.29 is 14.3 Å². The van der Waals surface area contributed by atoms with Gasteiger partial charge in [0, 0.05) is 17.2 Å². The summed E-state index contributed by atoms with van der Waals surface area (Å²) in [7, 11) is 0. The molecular formula is C24H21N3O3. The van der Waals surface area contributed by atoms with E-state index in [0.29, 0.717) is 33.6 Å². The normalized spacial score (nSPS) is 11.1. The van der Waals surface area contributed by atoms with Crippen LogP contribution in [0.15, 0.2) is 66.9 Å². The molecule has 4 rings (SSSR count). The minimum atomic E-state index is -0.501. The Balaban J connectivity index is 1.78. The molecule has 150 valence electrons. The molecule has 0 atom stereocenters. The first-order valence-electron chi connectivity index (χ1n) is 9.71. The third-order valence-electron chi connectivity index (χ3n) is 4.82. The summed E-state index contributed by atoms with van der Waals surface area (Å²) in [5, 5.41) is 5.05. The monoisotopic (exact) mass is 399 g/mol. The number of carbonyl (C=O) groups is 2. The van der Waals surface area contributed by atoms with E-state index in [1.165, 1.54) is 6.92 Å². The molecule has 30 heavy (non-hydrogen) atoms. The number of pyridine rings is 1. The highest BCUT2D eigenvalue weighted by atomic mass is 16.5. The van der Waals surface area contributed by atoms with Crippen molar-refractivity contribution in [3.05, 3.63) is 78.0 Å². The number of esters is 1. The molecule has 2 aromatic carbocycles. The highest BCUT2D eigenvalue weighted by molar-refractivity contribution is 6.04. The van der Waals surface area contributed by atoms with Gasteiger partial charge in [-0.05, 0) is 51.1 Å². The van der Waals surface area contributed by atoms with Crippen LogP contribution in [0.2, 0.25) is 0 Å². The van der Waals surface area contributed by atoms with Crippen LogP contribution in [0.5, 0.6) is 5.75 Å². The summed E-state index contributed by atoms with van der Waals surface area (Å²) in [4.78, 5) is 29.3. The lowest BCUT2D eigenvalue weighted by atomic mass is 10.1. The van der Waals surface area contributed by atoms with Gasteiger partial charge in [0.1, 0.15) is 5.75 Å². The molecule has 0 N–H and O–H groups in total. The Kier molecular flexibility index (Phi) is 5.14. The molecule has 0 radical (unpaired) electrons. The molecule has 0 amide bonds. The third kappa shape index (κ3) is 3.72. The number of nitrogens with zero attached hydrogens (tertiary/aromatic N) is 3. The molecule has 0 aliphatic carbocycles. The van der Waals surface area contributed by atoms with Crippen molar-refractivity contribution in [2.45, 2.75) is 26.8 Å². The fourth-order valence-electron chi connectivity index (χ4n) is 3.24. The first kappa shape index (κ1) is 19.5. The number of fused-ring (bicyclic) bond motifs is 1. The number of rotatable bonds is 5. The van der Waals surface area contributed by atoms with E-state index in [1.54, 1.807) is 41.2 Å². The topological polar surface area (TPSA) is 74.1 Å². The largest absolute Gasteiger partial charge is 0.423 e. The second-order valence-corrected chi connectivity index (χ2v) is 7.31. The van der Waals surface area contributed by atoms with E-state index in [2.05, 4.69) is 5.10 Å². The Morgan fingerprint density at radius 1 is 1.00 bits per heavy atom. The Labute approximate surface area is 174 Å². The van der Waals surface area contributed by atoms with Gasteiger partial charge in [-0.1, -0.05) is 30.3 Å². The second kappa shape index (κ2) is 7.91. The highest BCUT2D eigenvalue weighted by Crippen LogP contribution is 2.27. The number of hydrogen-bond acceptors (Lipinski definition) is 5.